The summed E-state index contributed by atoms with van der Waals surface area (Å²) in [4.78, 5) is 13.8. The Morgan fingerprint density at radius 1 is 1.20 bits per heavy atom. The SMILES string of the molecule is N#Cc1c(N2CCOCC2)sc(C=O)c1-c1ccc(C(F)(F)F)cc1. The molecule has 0 amide bonds. The third-order valence-corrected chi connectivity index (χ3v) is 5.11. The maximum Gasteiger partial charge on any atom is 0.416 e. The average molecular weight is 366 g/mol. The Morgan fingerprint density at radius 2 is 1.84 bits per heavy atom. The lowest BCUT2D eigenvalue weighted by molar-refractivity contribution is -0.137. The second kappa shape index (κ2) is 6.86. The van der Waals surface area contributed by atoms with E-state index in [1.54, 1.807) is 0 Å². The summed E-state index contributed by atoms with van der Waals surface area (Å²) in [5.41, 5.74) is 0.347. The lowest BCUT2D eigenvalue weighted by atomic mass is 10.0. The van der Waals surface area contributed by atoms with Crippen molar-refractivity contribution in [3.8, 4) is 17.2 Å². The van der Waals surface area contributed by atoms with E-state index in [1.165, 1.54) is 23.5 Å². The van der Waals surface area contributed by atoms with Gasteiger partial charge in [0.05, 0.1) is 29.2 Å². The Balaban J connectivity index is 2.07. The molecule has 3 rings (SSSR count). The number of aldehydes is 1. The predicted octanol–water partition coefficient (Wildman–Crippen LogP) is 3.95. The Labute approximate surface area is 146 Å². The number of thiophene rings is 1. The Hall–Kier alpha value is -2.37. The molecule has 1 aliphatic heterocycles. The maximum atomic E-state index is 12.7. The Kier molecular flexibility index (Phi) is 4.79. The summed E-state index contributed by atoms with van der Waals surface area (Å²) in [6, 6.07) is 6.60. The van der Waals surface area contributed by atoms with Crippen LogP contribution in [0, 0.1) is 11.3 Å². The van der Waals surface area contributed by atoms with Gasteiger partial charge in [-0.3, -0.25) is 4.79 Å². The molecule has 2 aromatic rings. The molecule has 1 saturated heterocycles. The van der Waals surface area contributed by atoms with Gasteiger partial charge in [-0.15, -0.1) is 11.3 Å². The van der Waals surface area contributed by atoms with Crippen LogP contribution in [0.25, 0.3) is 11.1 Å². The molecule has 130 valence electrons. The normalized spacial score (nSPS) is 15.0. The minimum absolute atomic E-state index is 0.314. The number of morpholine rings is 1. The van der Waals surface area contributed by atoms with E-state index in [-0.39, 0.29) is 0 Å². The molecule has 0 atom stereocenters. The van der Waals surface area contributed by atoms with E-state index >= 15 is 0 Å². The minimum atomic E-state index is -4.43. The van der Waals surface area contributed by atoms with Crippen molar-refractivity contribution in [2.45, 2.75) is 6.18 Å². The Bertz CT molecular complexity index is 816. The summed E-state index contributed by atoms with van der Waals surface area (Å²) in [7, 11) is 0. The molecule has 0 radical (unpaired) electrons. The van der Waals surface area contributed by atoms with Gasteiger partial charge in [0, 0.05) is 18.7 Å². The number of nitrogens with zero attached hydrogens (tertiary/aromatic N) is 2. The molecule has 1 aromatic heterocycles. The number of nitriles is 1. The number of halogens is 3. The molecule has 1 fully saturated rings. The van der Waals surface area contributed by atoms with Gasteiger partial charge in [0.2, 0.25) is 0 Å². The lowest BCUT2D eigenvalue weighted by Crippen LogP contribution is -2.36. The molecule has 0 spiro atoms. The van der Waals surface area contributed by atoms with Crippen molar-refractivity contribution in [2.75, 3.05) is 31.2 Å². The van der Waals surface area contributed by atoms with Crippen LogP contribution in [0.2, 0.25) is 0 Å². The first-order valence-electron chi connectivity index (χ1n) is 7.48. The zero-order valence-corrected chi connectivity index (χ0v) is 13.8. The average Bonchev–Trinajstić information content (AvgIpc) is 3.00. The van der Waals surface area contributed by atoms with Crippen LogP contribution in [0.1, 0.15) is 20.8 Å². The fraction of sp³-hybridized carbons (Fsp3) is 0.294. The standard InChI is InChI=1S/C17H13F3N2O2S/c18-17(19,20)12-3-1-11(2-4-12)15-13(9-21)16(25-14(15)10-23)22-5-7-24-8-6-22/h1-4,10H,5-8H2. The van der Waals surface area contributed by atoms with Crippen molar-refractivity contribution in [1.82, 2.24) is 0 Å². The van der Waals surface area contributed by atoms with E-state index in [1.807, 2.05) is 4.90 Å². The van der Waals surface area contributed by atoms with Crippen molar-refractivity contribution in [3.63, 3.8) is 0 Å². The summed E-state index contributed by atoms with van der Waals surface area (Å²) < 4.78 is 43.5. The number of carbonyl (C=O) groups excluding carboxylic acids is 1. The number of benzene rings is 1. The molecule has 1 aliphatic rings. The predicted molar refractivity (Wildman–Crippen MR) is 87.9 cm³/mol. The molecule has 8 heteroatoms. The quantitative estimate of drug-likeness (QED) is 0.772. The van der Waals surface area contributed by atoms with Crippen LogP contribution >= 0.6 is 11.3 Å². The summed E-state index contributed by atoms with van der Waals surface area (Å²) in [6.45, 7) is 2.24. The molecule has 25 heavy (non-hydrogen) atoms. The number of ether oxygens (including phenoxy) is 1. The topological polar surface area (TPSA) is 53.3 Å². The number of carbonyl (C=O) groups is 1. The highest BCUT2D eigenvalue weighted by molar-refractivity contribution is 7.18. The largest absolute Gasteiger partial charge is 0.416 e. The summed E-state index contributed by atoms with van der Waals surface area (Å²) in [5.74, 6) is 0. The van der Waals surface area contributed by atoms with Gasteiger partial charge in [0.25, 0.3) is 0 Å². The van der Waals surface area contributed by atoms with E-state index < -0.39 is 11.7 Å². The van der Waals surface area contributed by atoms with Crippen molar-refractivity contribution in [3.05, 3.63) is 40.3 Å². The molecule has 0 unspecified atom stereocenters. The van der Waals surface area contributed by atoms with Gasteiger partial charge in [-0.1, -0.05) is 12.1 Å². The van der Waals surface area contributed by atoms with Gasteiger partial charge in [0.1, 0.15) is 11.1 Å². The lowest BCUT2D eigenvalue weighted by Gasteiger charge is -2.27. The molecule has 4 nitrogen and oxygen atoms in total. The van der Waals surface area contributed by atoms with Gasteiger partial charge in [-0.2, -0.15) is 18.4 Å². The second-order valence-electron chi connectivity index (χ2n) is 5.43. The number of alkyl halides is 3. The van der Waals surface area contributed by atoms with Gasteiger partial charge in [0.15, 0.2) is 6.29 Å². The number of anilines is 1. The van der Waals surface area contributed by atoms with Crippen LogP contribution in [0.5, 0.6) is 0 Å². The van der Waals surface area contributed by atoms with Gasteiger partial charge >= 0.3 is 6.18 Å². The zero-order valence-electron chi connectivity index (χ0n) is 13.0. The van der Waals surface area contributed by atoms with Crippen LogP contribution < -0.4 is 4.90 Å². The number of rotatable bonds is 3. The molecule has 2 heterocycles. The fourth-order valence-electron chi connectivity index (χ4n) is 2.72. The second-order valence-corrected chi connectivity index (χ2v) is 6.46. The van der Waals surface area contributed by atoms with E-state index in [0.717, 1.165) is 12.1 Å². The molecule has 0 N–H and O–H groups in total. The first-order valence-corrected chi connectivity index (χ1v) is 8.29. The van der Waals surface area contributed by atoms with Gasteiger partial charge in [-0.25, -0.2) is 0 Å². The van der Waals surface area contributed by atoms with E-state index in [2.05, 4.69) is 6.07 Å². The highest BCUT2D eigenvalue weighted by atomic mass is 32.1. The van der Waals surface area contributed by atoms with Gasteiger partial charge in [-0.05, 0) is 17.7 Å². The minimum Gasteiger partial charge on any atom is -0.378 e. The summed E-state index contributed by atoms with van der Waals surface area (Å²) in [5, 5.41) is 10.2. The van der Waals surface area contributed by atoms with Gasteiger partial charge < -0.3 is 9.64 Å². The van der Waals surface area contributed by atoms with Crippen LogP contribution in [0.3, 0.4) is 0 Å². The van der Waals surface area contributed by atoms with Crippen LogP contribution in [-0.4, -0.2) is 32.6 Å². The smallest absolute Gasteiger partial charge is 0.378 e. The van der Waals surface area contributed by atoms with Crippen molar-refractivity contribution >= 4 is 22.6 Å². The molecule has 0 saturated carbocycles. The van der Waals surface area contributed by atoms with Crippen molar-refractivity contribution < 1.29 is 22.7 Å². The number of hydrogen-bond donors (Lipinski definition) is 0. The van der Waals surface area contributed by atoms with Crippen LogP contribution in [0.4, 0.5) is 18.2 Å². The third kappa shape index (κ3) is 3.38. The maximum absolute atomic E-state index is 12.7. The molecule has 0 bridgehead atoms. The first-order chi connectivity index (χ1) is 12.0. The summed E-state index contributed by atoms with van der Waals surface area (Å²) in [6.07, 6.45) is -3.79. The third-order valence-electron chi connectivity index (χ3n) is 3.93. The van der Waals surface area contributed by atoms with Crippen molar-refractivity contribution in [1.29, 1.82) is 5.26 Å². The summed E-state index contributed by atoms with van der Waals surface area (Å²) >= 11 is 1.18. The molecular weight excluding hydrogens is 353 g/mol. The Morgan fingerprint density at radius 3 is 2.36 bits per heavy atom. The highest BCUT2D eigenvalue weighted by Crippen LogP contribution is 2.42. The highest BCUT2D eigenvalue weighted by Gasteiger charge is 2.30. The van der Waals surface area contributed by atoms with E-state index in [9.17, 15) is 23.2 Å². The first kappa shape index (κ1) is 17.5. The molecule has 1 aromatic carbocycles. The van der Waals surface area contributed by atoms with Crippen LogP contribution in [0.15, 0.2) is 24.3 Å². The number of hydrogen-bond acceptors (Lipinski definition) is 5. The molecule has 0 aliphatic carbocycles. The fourth-order valence-corrected chi connectivity index (χ4v) is 3.86. The van der Waals surface area contributed by atoms with Crippen molar-refractivity contribution in [2.24, 2.45) is 0 Å². The monoisotopic (exact) mass is 366 g/mol. The van der Waals surface area contributed by atoms with E-state index in [4.69, 9.17) is 4.74 Å². The van der Waals surface area contributed by atoms with E-state index in [0.29, 0.717) is 59.2 Å². The molecular formula is C17H13F3N2O2S. The zero-order chi connectivity index (χ0) is 18.0. The van der Waals surface area contributed by atoms with Crippen LogP contribution in [-0.2, 0) is 10.9 Å².